The van der Waals surface area contributed by atoms with Crippen molar-refractivity contribution >= 4 is 17.2 Å². The second-order valence-electron chi connectivity index (χ2n) is 7.30. The Kier molecular flexibility index (Phi) is 7.39. The second kappa shape index (κ2) is 10.8. The Morgan fingerprint density at radius 1 is 1.09 bits per heavy atom. The first-order chi connectivity index (χ1) is 16.1. The number of hydrogen-bond donors (Lipinski definition) is 1. The summed E-state index contributed by atoms with van der Waals surface area (Å²) in [5.41, 5.74) is 2.10. The van der Waals surface area contributed by atoms with Crippen molar-refractivity contribution in [1.29, 1.82) is 0 Å². The number of rotatable bonds is 10. The lowest BCUT2D eigenvalue weighted by atomic mass is 10.1. The monoisotopic (exact) mass is 464 g/mol. The van der Waals surface area contributed by atoms with Crippen LogP contribution in [0.4, 0.5) is 0 Å². The van der Waals surface area contributed by atoms with Gasteiger partial charge in [0.25, 0.3) is 5.91 Å². The second-order valence-corrected chi connectivity index (χ2v) is 8.24. The van der Waals surface area contributed by atoms with Crippen LogP contribution in [0.15, 0.2) is 76.7 Å². The first-order valence-electron chi connectivity index (χ1n) is 10.4. The van der Waals surface area contributed by atoms with Crippen molar-refractivity contribution in [3.05, 3.63) is 99.9 Å². The van der Waals surface area contributed by atoms with Crippen molar-refractivity contribution in [1.82, 2.24) is 9.88 Å². The number of methoxy groups -OCH3 is 1. The molecule has 0 saturated heterocycles. The molecule has 0 aliphatic rings. The van der Waals surface area contributed by atoms with Crippen LogP contribution in [0.5, 0.6) is 11.5 Å². The third-order valence-electron chi connectivity index (χ3n) is 4.93. The van der Waals surface area contributed by atoms with Gasteiger partial charge in [0.2, 0.25) is 0 Å². The number of carbonyl (C=O) groups is 1. The molecule has 0 spiro atoms. The van der Waals surface area contributed by atoms with Crippen LogP contribution in [0.1, 0.15) is 32.4 Å². The van der Waals surface area contributed by atoms with Crippen LogP contribution in [-0.4, -0.2) is 28.0 Å². The molecule has 1 N–H and O–H groups in total. The Bertz CT molecular complexity index is 1190. The molecule has 1 amide bonds. The van der Waals surface area contributed by atoms with Gasteiger partial charge in [-0.2, -0.15) is 0 Å². The minimum absolute atomic E-state index is 0.0845. The number of thiazole rings is 1. The number of aliphatic hydroxyl groups excluding tert-OH is 1. The van der Waals surface area contributed by atoms with Gasteiger partial charge in [-0.1, -0.05) is 18.2 Å². The van der Waals surface area contributed by atoms with E-state index in [0.717, 1.165) is 10.6 Å². The van der Waals surface area contributed by atoms with Gasteiger partial charge in [-0.3, -0.25) is 4.79 Å². The smallest absolute Gasteiger partial charge is 0.254 e. The minimum atomic E-state index is -0.129. The summed E-state index contributed by atoms with van der Waals surface area (Å²) in [4.78, 5) is 19.4. The van der Waals surface area contributed by atoms with Gasteiger partial charge in [-0.25, -0.2) is 4.98 Å². The van der Waals surface area contributed by atoms with Gasteiger partial charge in [0.15, 0.2) is 0 Å². The van der Waals surface area contributed by atoms with E-state index in [1.165, 1.54) is 11.3 Å². The lowest BCUT2D eigenvalue weighted by Crippen LogP contribution is -2.30. The topological polar surface area (TPSA) is 85.0 Å². The van der Waals surface area contributed by atoms with E-state index in [2.05, 4.69) is 4.98 Å². The van der Waals surface area contributed by atoms with Gasteiger partial charge in [0, 0.05) is 17.5 Å². The summed E-state index contributed by atoms with van der Waals surface area (Å²) in [6.07, 6.45) is 1.60. The molecule has 0 aliphatic carbocycles. The Labute approximate surface area is 195 Å². The summed E-state index contributed by atoms with van der Waals surface area (Å²) >= 11 is 1.45. The highest BCUT2D eigenvalue weighted by Gasteiger charge is 2.19. The molecule has 0 saturated carbocycles. The maximum Gasteiger partial charge on any atom is 0.254 e. The number of furan rings is 1. The summed E-state index contributed by atoms with van der Waals surface area (Å²) in [5, 5.41) is 11.8. The Morgan fingerprint density at radius 3 is 2.70 bits per heavy atom. The molecule has 0 fully saturated rings. The highest BCUT2D eigenvalue weighted by molar-refractivity contribution is 7.09. The predicted octanol–water partition coefficient (Wildman–Crippen LogP) is 4.66. The fraction of sp³-hybridized carbons (Fsp3) is 0.200. The fourth-order valence-electron chi connectivity index (χ4n) is 3.32. The zero-order valence-corrected chi connectivity index (χ0v) is 19.0. The van der Waals surface area contributed by atoms with Crippen LogP contribution in [-0.2, 0) is 26.3 Å². The predicted molar refractivity (Wildman–Crippen MR) is 124 cm³/mol. The molecule has 4 rings (SSSR count). The largest absolute Gasteiger partial charge is 0.497 e. The Balaban J connectivity index is 1.50. The van der Waals surface area contributed by atoms with E-state index >= 15 is 0 Å². The molecular weight excluding hydrogens is 440 g/mol. The fourth-order valence-corrected chi connectivity index (χ4v) is 4.01. The van der Waals surface area contributed by atoms with Gasteiger partial charge in [-0.15, -0.1) is 11.3 Å². The molecule has 2 aromatic carbocycles. The highest BCUT2D eigenvalue weighted by atomic mass is 32.1. The Morgan fingerprint density at radius 2 is 1.94 bits per heavy atom. The van der Waals surface area contributed by atoms with Crippen LogP contribution in [0.2, 0.25) is 0 Å². The molecule has 4 aromatic rings. The zero-order valence-electron chi connectivity index (χ0n) is 18.1. The molecular formula is C25H24N2O5S. The number of benzene rings is 2. The number of aromatic nitrogens is 1. The normalized spacial score (nSPS) is 10.7. The number of carbonyl (C=O) groups excluding carboxylic acids is 1. The lowest BCUT2D eigenvalue weighted by molar-refractivity contribution is 0.0717. The van der Waals surface area contributed by atoms with E-state index < -0.39 is 0 Å². The molecule has 170 valence electrons. The molecule has 0 aliphatic heterocycles. The van der Waals surface area contributed by atoms with E-state index in [1.54, 1.807) is 48.6 Å². The molecule has 33 heavy (non-hydrogen) atoms. The molecule has 2 heterocycles. The molecule has 0 radical (unpaired) electrons. The van der Waals surface area contributed by atoms with Crippen molar-refractivity contribution in [2.45, 2.75) is 26.3 Å². The molecule has 8 heteroatoms. The van der Waals surface area contributed by atoms with E-state index in [1.807, 2.05) is 35.7 Å². The van der Waals surface area contributed by atoms with Gasteiger partial charge >= 0.3 is 0 Å². The first kappa shape index (κ1) is 22.6. The van der Waals surface area contributed by atoms with Gasteiger partial charge in [0.05, 0.1) is 32.2 Å². The van der Waals surface area contributed by atoms with E-state index in [4.69, 9.17) is 19.0 Å². The van der Waals surface area contributed by atoms with Crippen LogP contribution in [0.25, 0.3) is 0 Å². The number of ether oxygens (including phenoxy) is 2. The maximum absolute atomic E-state index is 13.3. The van der Waals surface area contributed by atoms with E-state index in [-0.39, 0.29) is 12.5 Å². The summed E-state index contributed by atoms with van der Waals surface area (Å²) < 4.78 is 16.6. The molecule has 2 aromatic heterocycles. The number of aliphatic hydroxyl groups is 1. The quantitative estimate of drug-likeness (QED) is 0.368. The average molecular weight is 465 g/mol. The van der Waals surface area contributed by atoms with Crippen LogP contribution >= 0.6 is 11.3 Å². The molecule has 0 atom stereocenters. The number of amides is 1. The third kappa shape index (κ3) is 6.00. The SMILES string of the molecule is COc1cccc(C(=O)N(Cc2cccc(OCc3nc(CO)cs3)c2)Cc2ccco2)c1. The van der Waals surface area contributed by atoms with Crippen LogP contribution in [0.3, 0.4) is 0 Å². The average Bonchev–Trinajstić information content (AvgIpc) is 3.54. The molecule has 0 unspecified atom stereocenters. The van der Waals surface area contributed by atoms with E-state index in [9.17, 15) is 4.79 Å². The van der Waals surface area contributed by atoms with Crippen LogP contribution < -0.4 is 9.47 Å². The highest BCUT2D eigenvalue weighted by Crippen LogP contribution is 2.21. The van der Waals surface area contributed by atoms with Crippen molar-refractivity contribution in [2.75, 3.05) is 7.11 Å². The minimum Gasteiger partial charge on any atom is -0.497 e. The molecule has 0 bridgehead atoms. The standard InChI is InChI=1S/C25H24N2O5S/c1-30-21-7-3-6-19(12-21)25(29)27(14-23-9-4-10-31-23)13-18-5-2-8-22(11-18)32-16-24-26-20(15-28)17-33-24/h2-12,17,28H,13-16H2,1H3. The van der Waals surface area contributed by atoms with Crippen molar-refractivity contribution < 1.29 is 23.8 Å². The number of nitrogens with zero attached hydrogens (tertiary/aromatic N) is 2. The summed E-state index contributed by atoms with van der Waals surface area (Å²) in [6.45, 7) is 0.933. The summed E-state index contributed by atoms with van der Waals surface area (Å²) in [7, 11) is 1.58. The van der Waals surface area contributed by atoms with Gasteiger partial charge in [0.1, 0.15) is 28.9 Å². The summed E-state index contributed by atoms with van der Waals surface area (Å²) in [6, 6.07) is 18.4. The van der Waals surface area contributed by atoms with Gasteiger partial charge < -0.3 is 23.9 Å². The zero-order chi connectivity index (χ0) is 23.0. The summed E-state index contributed by atoms with van der Waals surface area (Å²) in [5.74, 6) is 1.87. The number of hydrogen-bond acceptors (Lipinski definition) is 7. The van der Waals surface area contributed by atoms with Gasteiger partial charge in [-0.05, 0) is 48.0 Å². The molecule has 7 nitrogen and oxygen atoms in total. The lowest BCUT2D eigenvalue weighted by Gasteiger charge is -2.22. The van der Waals surface area contributed by atoms with Crippen LogP contribution in [0, 0.1) is 0 Å². The van der Waals surface area contributed by atoms with E-state index in [0.29, 0.717) is 48.2 Å². The first-order valence-corrected chi connectivity index (χ1v) is 11.2. The van der Waals surface area contributed by atoms with Crippen molar-refractivity contribution in [3.63, 3.8) is 0 Å². The van der Waals surface area contributed by atoms with Crippen molar-refractivity contribution in [3.8, 4) is 11.5 Å². The maximum atomic E-state index is 13.3. The third-order valence-corrected chi connectivity index (χ3v) is 5.80. The Hall–Kier alpha value is -3.62. The van der Waals surface area contributed by atoms with Crippen molar-refractivity contribution in [2.24, 2.45) is 0 Å².